The van der Waals surface area contributed by atoms with Crippen LogP contribution in [0.3, 0.4) is 0 Å². The lowest BCUT2D eigenvalue weighted by atomic mass is 10.0. The summed E-state index contributed by atoms with van der Waals surface area (Å²) in [6.45, 7) is 0. The molecule has 0 radical (unpaired) electrons. The molecule has 0 heterocycles. The van der Waals surface area contributed by atoms with Crippen molar-refractivity contribution in [1.29, 1.82) is 0 Å². The topological polar surface area (TPSA) is 44.8 Å². The van der Waals surface area contributed by atoms with Gasteiger partial charge >= 0.3 is 0 Å². The number of hydrogen-bond donors (Lipinski definition) is 0. The molecule has 0 amide bonds. The number of hydrogen-bond acceptors (Lipinski definition) is 4. The Morgan fingerprint density at radius 2 is 1.67 bits per heavy atom. The van der Waals surface area contributed by atoms with Gasteiger partial charge in [0.25, 0.3) is 0 Å². The lowest BCUT2D eigenvalue weighted by Crippen LogP contribution is -2.06. The van der Waals surface area contributed by atoms with E-state index in [1.165, 1.54) is 21.3 Å². The molecule has 0 atom stereocenters. The minimum Gasteiger partial charge on any atom is -0.493 e. The molecule has 0 aliphatic rings. The maximum absolute atomic E-state index is 12.6. The van der Waals surface area contributed by atoms with Crippen molar-refractivity contribution in [2.45, 2.75) is 0 Å². The summed E-state index contributed by atoms with van der Waals surface area (Å²) < 4.78 is 15.8. The molecule has 4 nitrogen and oxygen atoms in total. The molecule has 0 bridgehead atoms. The van der Waals surface area contributed by atoms with Crippen LogP contribution >= 0.6 is 11.6 Å². The van der Waals surface area contributed by atoms with Crippen molar-refractivity contribution >= 4 is 17.4 Å². The van der Waals surface area contributed by atoms with Gasteiger partial charge in [0.2, 0.25) is 5.75 Å². The second kappa shape index (κ2) is 6.50. The van der Waals surface area contributed by atoms with E-state index < -0.39 is 0 Å². The summed E-state index contributed by atoms with van der Waals surface area (Å²) in [5, 5.41) is 0.500. The van der Waals surface area contributed by atoms with E-state index in [4.69, 9.17) is 25.8 Å². The van der Waals surface area contributed by atoms with Gasteiger partial charge in [-0.25, -0.2) is 0 Å². The lowest BCUT2D eigenvalue weighted by Gasteiger charge is -2.15. The van der Waals surface area contributed by atoms with Gasteiger partial charge in [-0.15, -0.1) is 0 Å². The fourth-order valence-corrected chi connectivity index (χ4v) is 2.26. The Kier molecular flexibility index (Phi) is 4.70. The molecule has 0 unspecified atom stereocenters. The number of carbonyl (C=O) groups excluding carboxylic acids is 1. The third kappa shape index (κ3) is 2.95. The van der Waals surface area contributed by atoms with E-state index in [1.54, 1.807) is 36.4 Å². The Hall–Kier alpha value is -2.20. The molecule has 0 N–H and O–H groups in total. The first-order valence-corrected chi connectivity index (χ1v) is 6.59. The molecule has 0 saturated carbocycles. The molecule has 0 spiro atoms. The number of ketones is 1. The first-order valence-electron chi connectivity index (χ1n) is 6.21. The average Bonchev–Trinajstić information content (AvgIpc) is 2.52. The molecule has 0 aliphatic carbocycles. The van der Waals surface area contributed by atoms with Gasteiger partial charge in [-0.1, -0.05) is 23.7 Å². The maximum Gasteiger partial charge on any atom is 0.204 e. The van der Waals surface area contributed by atoms with E-state index in [0.717, 1.165) is 0 Å². The number of carbonyl (C=O) groups is 1. The Bertz CT molecular complexity index is 667. The number of benzene rings is 2. The molecule has 2 aromatic carbocycles. The highest BCUT2D eigenvalue weighted by atomic mass is 35.5. The van der Waals surface area contributed by atoms with Crippen LogP contribution in [0.25, 0.3) is 0 Å². The van der Waals surface area contributed by atoms with Gasteiger partial charge in [0, 0.05) is 10.6 Å². The van der Waals surface area contributed by atoms with E-state index in [2.05, 4.69) is 0 Å². The Morgan fingerprint density at radius 1 is 0.952 bits per heavy atom. The van der Waals surface area contributed by atoms with Crippen molar-refractivity contribution in [1.82, 2.24) is 0 Å². The molecular weight excluding hydrogens is 292 g/mol. The van der Waals surface area contributed by atoms with Crippen molar-refractivity contribution in [3.8, 4) is 17.2 Å². The van der Waals surface area contributed by atoms with Crippen LogP contribution in [0, 0.1) is 0 Å². The van der Waals surface area contributed by atoms with Crippen molar-refractivity contribution < 1.29 is 19.0 Å². The van der Waals surface area contributed by atoms with Gasteiger partial charge in [0.1, 0.15) is 0 Å². The summed E-state index contributed by atoms with van der Waals surface area (Å²) in [5.41, 5.74) is 0.866. The quantitative estimate of drug-likeness (QED) is 0.792. The third-order valence-corrected chi connectivity index (χ3v) is 3.27. The minimum atomic E-state index is -0.199. The molecule has 2 rings (SSSR count). The highest BCUT2D eigenvalue weighted by molar-refractivity contribution is 6.31. The lowest BCUT2D eigenvalue weighted by molar-refractivity contribution is 0.103. The fourth-order valence-electron chi connectivity index (χ4n) is 2.07. The van der Waals surface area contributed by atoms with E-state index >= 15 is 0 Å². The highest BCUT2D eigenvalue weighted by Crippen LogP contribution is 2.40. The summed E-state index contributed by atoms with van der Waals surface area (Å²) in [6, 6.07) is 10.1. The van der Waals surface area contributed by atoms with Crippen molar-refractivity contribution in [2.24, 2.45) is 0 Å². The standard InChI is InChI=1S/C16H15ClO4/c1-19-13-8-7-12(15(20-2)16(13)21-3)14(18)10-5-4-6-11(17)9-10/h4-9H,1-3H3. The first-order chi connectivity index (χ1) is 10.1. The summed E-state index contributed by atoms with van der Waals surface area (Å²) in [5.74, 6) is 1.02. The summed E-state index contributed by atoms with van der Waals surface area (Å²) in [7, 11) is 4.50. The Morgan fingerprint density at radius 3 is 2.24 bits per heavy atom. The zero-order valence-corrected chi connectivity index (χ0v) is 12.7. The van der Waals surface area contributed by atoms with Crippen LogP contribution in [-0.4, -0.2) is 27.1 Å². The van der Waals surface area contributed by atoms with E-state index in [-0.39, 0.29) is 5.78 Å². The third-order valence-electron chi connectivity index (χ3n) is 3.04. The van der Waals surface area contributed by atoms with Gasteiger partial charge in [0.05, 0.1) is 26.9 Å². The molecule has 5 heteroatoms. The zero-order valence-electron chi connectivity index (χ0n) is 12.0. The van der Waals surface area contributed by atoms with Crippen LogP contribution in [0.15, 0.2) is 36.4 Å². The predicted molar refractivity (Wildman–Crippen MR) is 81.0 cm³/mol. The Balaban J connectivity index is 2.56. The molecule has 110 valence electrons. The minimum absolute atomic E-state index is 0.199. The van der Waals surface area contributed by atoms with Crippen LogP contribution in [0.2, 0.25) is 5.02 Å². The molecule has 2 aromatic rings. The average molecular weight is 307 g/mol. The van der Waals surface area contributed by atoms with Gasteiger partial charge in [0.15, 0.2) is 17.3 Å². The zero-order chi connectivity index (χ0) is 15.4. The monoisotopic (exact) mass is 306 g/mol. The number of halogens is 1. The van der Waals surface area contributed by atoms with Gasteiger partial charge in [-0.05, 0) is 24.3 Å². The van der Waals surface area contributed by atoms with E-state index in [1.807, 2.05) is 0 Å². The molecule has 21 heavy (non-hydrogen) atoms. The van der Waals surface area contributed by atoms with Crippen molar-refractivity contribution in [2.75, 3.05) is 21.3 Å². The first kappa shape index (κ1) is 15.2. The van der Waals surface area contributed by atoms with Crippen molar-refractivity contribution in [3.63, 3.8) is 0 Å². The molecular formula is C16H15ClO4. The second-order valence-corrected chi connectivity index (χ2v) is 4.66. The summed E-state index contributed by atoms with van der Waals surface area (Å²) in [6.07, 6.45) is 0. The van der Waals surface area contributed by atoms with E-state index in [0.29, 0.717) is 33.4 Å². The van der Waals surface area contributed by atoms with Crippen LogP contribution in [0.4, 0.5) is 0 Å². The normalized spacial score (nSPS) is 10.1. The number of rotatable bonds is 5. The molecule has 0 aromatic heterocycles. The highest BCUT2D eigenvalue weighted by Gasteiger charge is 2.21. The Labute approximate surface area is 128 Å². The number of methoxy groups -OCH3 is 3. The van der Waals surface area contributed by atoms with Crippen LogP contribution in [0.1, 0.15) is 15.9 Å². The van der Waals surface area contributed by atoms with E-state index in [9.17, 15) is 4.79 Å². The van der Waals surface area contributed by atoms with Crippen LogP contribution in [-0.2, 0) is 0 Å². The number of ether oxygens (including phenoxy) is 3. The maximum atomic E-state index is 12.6. The van der Waals surface area contributed by atoms with Crippen LogP contribution < -0.4 is 14.2 Å². The molecule has 0 aliphatic heterocycles. The van der Waals surface area contributed by atoms with Gasteiger partial charge in [-0.2, -0.15) is 0 Å². The smallest absolute Gasteiger partial charge is 0.204 e. The molecule has 0 saturated heterocycles. The van der Waals surface area contributed by atoms with Crippen molar-refractivity contribution in [3.05, 3.63) is 52.5 Å². The second-order valence-electron chi connectivity index (χ2n) is 4.22. The SMILES string of the molecule is COc1ccc(C(=O)c2cccc(Cl)c2)c(OC)c1OC. The van der Waals surface area contributed by atoms with Gasteiger partial charge in [-0.3, -0.25) is 4.79 Å². The fraction of sp³-hybridized carbons (Fsp3) is 0.188. The predicted octanol–water partition coefficient (Wildman–Crippen LogP) is 3.60. The molecule has 0 fully saturated rings. The summed E-state index contributed by atoms with van der Waals surface area (Å²) in [4.78, 5) is 12.6. The van der Waals surface area contributed by atoms with Gasteiger partial charge < -0.3 is 14.2 Å². The van der Waals surface area contributed by atoms with Crippen LogP contribution in [0.5, 0.6) is 17.2 Å². The largest absolute Gasteiger partial charge is 0.493 e. The summed E-state index contributed by atoms with van der Waals surface area (Å²) >= 11 is 5.93.